The van der Waals surface area contributed by atoms with Gasteiger partial charge in [-0.25, -0.2) is 4.79 Å². The van der Waals surface area contributed by atoms with Crippen molar-refractivity contribution >= 4 is 23.3 Å². The van der Waals surface area contributed by atoms with Gasteiger partial charge in [-0.2, -0.15) is 0 Å². The van der Waals surface area contributed by atoms with Gasteiger partial charge in [0.1, 0.15) is 17.2 Å². The molecule has 1 saturated heterocycles. The van der Waals surface area contributed by atoms with Crippen molar-refractivity contribution in [3.05, 3.63) is 82.9 Å². The average Bonchev–Trinajstić information content (AvgIpc) is 2.96. The first-order valence-corrected chi connectivity index (χ1v) is 12.9. The number of methoxy groups -OCH3 is 3. The third kappa shape index (κ3) is 7.31. The van der Waals surface area contributed by atoms with Gasteiger partial charge in [0.2, 0.25) is 0 Å². The van der Waals surface area contributed by atoms with Crippen molar-refractivity contribution in [3.8, 4) is 17.2 Å². The number of hydrogen-bond acceptors (Lipinski definition) is 6. The second kappa shape index (κ2) is 13.4. The number of ether oxygens (including phenoxy) is 4. The number of rotatable bonds is 10. The monoisotopic (exact) mass is 539 g/mol. The van der Waals surface area contributed by atoms with E-state index in [2.05, 4.69) is 10.2 Å². The largest absolute Gasteiger partial charge is 0.497 e. The summed E-state index contributed by atoms with van der Waals surface area (Å²) in [5, 5.41) is 3.65. The van der Waals surface area contributed by atoms with E-state index in [1.165, 1.54) is 0 Å². The van der Waals surface area contributed by atoms with Crippen molar-refractivity contribution in [3.63, 3.8) is 0 Å². The Morgan fingerprint density at radius 1 is 0.895 bits per heavy atom. The highest BCUT2D eigenvalue weighted by Crippen LogP contribution is 2.29. The summed E-state index contributed by atoms with van der Waals surface area (Å²) in [4.78, 5) is 17.1. The summed E-state index contributed by atoms with van der Waals surface area (Å²) >= 11 is 6.13. The number of carbonyl (C=O) groups is 1. The number of amides is 2. The third-order valence-corrected chi connectivity index (χ3v) is 6.81. The van der Waals surface area contributed by atoms with E-state index in [-0.39, 0.29) is 12.1 Å². The molecular weight excluding hydrogens is 506 g/mol. The first-order chi connectivity index (χ1) is 18.5. The molecule has 9 heteroatoms. The highest BCUT2D eigenvalue weighted by molar-refractivity contribution is 6.30. The van der Waals surface area contributed by atoms with Gasteiger partial charge in [-0.1, -0.05) is 35.9 Å². The molecule has 0 aliphatic carbocycles. The molecular formula is C29H34ClN3O5. The van der Waals surface area contributed by atoms with Crippen LogP contribution in [0.25, 0.3) is 0 Å². The van der Waals surface area contributed by atoms with Crippen LogP contribution in [0.15, 0.2) is 66.7 Å². The van der Waals surface area contributed by atoms with Gasteiger partial charge < -0.3 is 29.2 Å². The van der Waals surface area contributed by atoms with Crippen LogP contribution >= 0.6 is 11.6 Å². The van der Waals surface area contributed by atoms with Crippen molar-refractivity contribution in [2.45, 2.75) is 12.7 Å². The maximum atomic E-state index is 12.9. The van der Waals surface area contributed by atoms with E-state index >= 15 is 0 Å². The van der Waals surface area contributed by atoms with Gasteiger partial charge in [0.05, 0.1) is 39.7 Å². The van der Waals surface area contributed by atoms with Crippen molar-refractivity contribution < 1.29 is 23.7 Å². The number of nitrogens with one attached hydrogen (secondary N) is 1. The number of nitrogens with zero attached hydrogens (tertiary/aromatic N) is 2. The summed E-state index contributed by atoms with van der Waals surface area (Å²) < 4.78 is 22.4. The molecule has 202 valence electrons. The second-order valence-electron chi connectivity index (χ2n) is 8.99. The van der Waals surface area contributed by atoms with Crippen molar-refractivity contribution in [2.24, 2.45) is 0 Å². The molecule has 0 unspecified atom stereocenters. The Morgan fingerprint density at radius 2 is 1.61 bits per heavy atom. The lowest BCUT2D eigenvalue weighted by atomic mass is 10.1. The Kier molecular flexibility index (Phi) is 9.70. The molecule has 0 bridgehead atoms. The predicted octanol–water partition coefficient (Wildman–Crippen LogP) is 5.47. The van der Waals surface area contributed by atoms with Gasteiger partial charge in [-0.3, -0.25) is 4.90 Å². The summed E-state index contributed by atoms with van der Waals surface area (Å²) in [5.74, 6) is 2.02. The standard InChI is InChI=1S/C29H34ClN3O5/c1-35-24-6-4-5-21(17-24)20-38-28(22-7-9-23(30)10-8-22)19-32-13-15-33(16-14-32)29(34)31-26-12-11-25(36-2)18-27(26)37-3/h4-12,17-18,28H,13-16,19-20H2,1-3H3,(H,31,34)/t28-/m1/s1. The Hall–Kier alpha value is -3.46. The molecule has 1 atom stereocenters. The molecule has 0 saturated carbocycles. The second-order valence-corrected chi connectivity index (χ2v) is 9.42. The number of anilines is 1. The lowest BCUT2D eigenvalue weighted by Crippen LogP contribution is -2.50. The van der Waals surface area contributed by atoms with E-state index < -0.39 is 0 Å². The van der Waals surface area contributed by atoms with E-state index in [1.54, 1.807) is 39.5 Å². The molecule has 0 spiro atoms. The molecule has 3 aromatic carbocycles. The summed E-state index contributed by atoms with van der Waals surface area (Å²) in [5.41, 5.74) is 2.71. The van der Waals surface area contributed by atoms with Crippen molar-refractivity contribution in [2.75, 3.05) is 59.4 Å². The normalized spacial score (nSPS) is 14.6. The van der Waals surface area contributed by atoms with Crippen LogP contribution in [0.4, 0.5) is 10.5 Å². The topological polar surface area (TPSA) is 72.5 Å². The van der Waals surface area contributed by atoms with Gasteiger partial charge >= 0.3 is 6.03 Å². The fraction of sp³-hybridized carbons (Fsp3) is 0.345. The number of carbonyl (C=O) groups excluding carboxylic acids is 1. The zero-order valence-electron chi connectivity index (χ0n) is 22.0. The van der Waals surface area contributed by atoms with E-state index in [4.69, 9.17) is 30.5 Å². The van der Waals surface area contributed by atoms with Crippen LogP contribution in [0, 0.1) is 0 Å². The summed E-state index contributed by atoms with van der Waals surface area (Å²) in [7, 11) is 4.81. The molecule has 1 fully saturated rings. The summed E-state index contributed by atoms with van der Waals surface area (Å²) in [6, 6.07) is 20.8. The lowest BCUT2D eigenvalue weighted by molar-refractivity contribution is 0.00588. The molecule has 0 radical (unpaired) electrons. The summed E-state index contributed by atoms with van der Waals surface area (Å²) in [6.07, 6.45) is -0.151. The molecule has 1 aliphatic heterocycles. The molecule has 4 rings (SSSR count). The van der Waals surface area contributed by atoms with Crippen molar-refractivity contribution in [1.82, 2.24) is 9.80 Å². The van der Waals surface area contributed by atoms with Gasteiger partial charge in [0.25, 0.3) is 0 Å². The third-order valence-electron chi connectivity index (χ3n) is 6.56. The van der Waals surface area contributed by atoms with Crippen LogP contribution in [0.2, 0.25) is 5.02 Å². The maximum absolute atomic E-state index is 12.9. The number of hydrogen-bond donors (Lipinski definition) is 1. The van der Waals surface area contributed by atoms with Crippen LogP contribution in [-0.2, 0) is 11.3 Å². The Bertz CT molecular complexity index is 1200. The molecule has 2 amide bonds. The highest BCUT2D eigenvalue weighted by Gasteiger charge is 2.25. The average molecular weight is 540 g/mol. The molecule has 38 heavy (non-hydrogen) atoms. The van der Waals surface area contributed by atoms with Gasteiger partial charge in [0, 0.05) is 43.8 Å². The minimum absolute atomic E-state index is 0.151. The number of piperazine rings is 1. The van der Waals surface area contributed by atoms with Gasteiger partial charge in [-0.05, 0) is 47.5 Å². The van der Waals surface area contributed by atoms with Crippen LogP contribution < -0.4 is 19.5 Å². The van der Waals surface area contributed by atoms with Gasteiger partial charge in [-0.15, -0.1) is 0 Å². The van der Waals surface area contributed by atoms with Crippen LogP contribution in [0.3, 0.4) is 0 Å². The minimum atomic E-state index is -0.156. The van der Waals surface area contributed by atoms with Crippen LogP contribution in [0.5, 0.6) is 17.2 Å². The summed E-state index contributed by atoms with van der Waals surface area (Å²) in [6.45, 7) is 3.84. The lowest BCUT2D eigenvalue weighted by Gasteiger charge is -2.36. The molecule has 3 aromatic rings. The van der Waals surface area contributed by atoms with Crippen LogP contribution in [-0.4, -0.2) is 69.9 Å². The number of urea groups is 1. The van der Waals surface area contributed by atoms with Crippen LogP contribution in [0.1, 0.15) is 17.2 Å². The fourth-order valence-electron chi connectivity index (χ4n) is 4.35. The fourth-order valence-corrected chi connectivity index (χ4v) is 4.48. The molecule has 1 heterocycles. The first-order valence-electron chi connectivity index (χ1n) is 12.5. The smallest absolute Gasteiger partial charge is 0.322 e. The SMILES string of the molecule is COc1cccc(CO[C@H](CN2CCN(C(=O)Nc3ccc(OC)cc3OC)CC2)c2ccc(Cl)cc2)c1. The van der Waals surface area contributed by atoms with Gasteiger partial charge in [0.15, 0.2) is 0 Å². The molecule has 1 aliphatic rings. The first kappa shape index (κ1) is 27.6. The highest BCUT2D eigenvalue weighted by atomic mass is 35.5. The number of halogens is 1. The number of benzene rings is 3. The van der Waals surface area contributed by atoms with E-state index in [1.807, 2.05) is 53.4 Å². The zero-order chi connectivity index (χ0) is 26.9. The van der Waals surface area contributed by atoms with Crippen molar-refractivity contribution in [1.29, 1.82) is 0 Å². The molecule has 0 aromatic heterocycles. The zero-order valence-corrected chi connectivity index (χ0v) is 22.7. The Labute approximate surface area is 229 Å². The maximum Gasteiger partial charge on any atom is 0.322 e. The van der Waals surface area contributed by atoms with E-state index in [9.17, 15) is 4.79 Å². The Balaban J connectivity index is 1.35. The van der Waals surface area contributed by atoms with E-state index in [0.717, 1.165) is 30.0 Å². The Morgan fingerprint density at radius 3 is 2.29 bits per heavy atom. The quantitative estimate of drug-likeness (QED) is 0.368. The minimum Gasteiger partial charge on any atom is -0.497 e. The van der Waals surface area contributed by atoms with E-state index in [0.29, 0.717) is 48.5 Å². The molecule has 1 N–H and O–H groups in total. The predicted molar refractivity (Wildman–Crippen MR) is 149 cm³/mol. The molecule has 8 nitrogen and oxygen atoms in total.